The van der Waals surface area contributed by atoms with Crippen molar-refractivity contribution in [2.45, 2.75) is 38.8 Å². The first-order chi connectivity index (χ1) is 9.73. The van der Waals surface area contributed by atoms with Crippen molar-refractivity contribution >= 4 is 23.7 Å². The number of hydrogen-bond acceptors (Lipinski definition) is 5. The van der Waals surface area contributed by atoms with Crippen molar-refractivity contribution in [1.29, 1.82) is 0 Å². The first-order valence-electron chi connectivity index (χ1n) is 6.38. The van der Waals surface area contributed by atoms with Crippen LogP contribution in [0.1, 0.15) is 26.3 Å². The lowest BCUT2D eigenvalue weighted by atomic mass is 10.1. The predicted octanol–water partition coefficient (Wildman–Crippen LogP) is 2.34. The molecule has 0 bridgehead atoms. The molecule has 0 unspecified atom stereocenters. The van der Waals surface area contributed by atoms with E-state index in [9.17, 15) is 9.59 Å². The molecule has 1 aromatic rings. The molecule has 7 heteroatoms. The molecule has 1 N–H and O–H groups in total. The Balaban J connectivity index is 2.80. The van der Waals surface area contributed by atoms with E-state index in [0.717, 1.165) is 0 Å². The maximum atomic E-state index is 11.8. The molecule has 0 fully saturated rings. The van der Waals surface area contributed by atoms with Crippen molar-refractivity contribution in [1.82, 2.24) is 10.3 Å². The highest BCUT2D eigenvalue weighted by molar-refractivity contribution is 6.31. The van der Waals surface area contributed by atoms with Gasteiger partial charge >= 0.3 is 12.1 Å². The molecule has 0 saturated carbocycles. The van der Waals surface area contributed by atoms with Gasteiger partial charge < -0.3 is 14.8 Å². The Bertz CT molecular complexity index is 514. The first kappa shape index (κ1) is 17.2. The minimum absolute atomic E-state index is 0.165. The van der Waals surface area contributed by atoms with E-state index in [1.165, 1.54) is 13.3 Å². The SMILES string of the molecule is COC(=O)[C@H](Cc1cnccc1Cl)NC(=O)OC(C)(C)C. The Hall–Kier alpha value is -1.82. The average molecular weight is 315 g/mol. The van der Waals surface area contributed by atoms with E-state index in [1.807, 2.05) is 0 Å². The number of ether oxygens (including phenoxy) is 2. The van der Waals surface area contributed by atoms with Crippen LogP contribution in [0.4, 0.5) is 4.79 Å². The second kappa shape index (κ2) is 7.26. The summed E-state index contributed by atoms with van der Waals surface area (Å²) in [6.07, 6.45) is 2.55. The van der Waals surface area contributed by atoms with Crippen LogP contribution in [0, 0.1) is 0 Å². The molecule has 1 amide bonds. The Labute approximate surface area is 128 Å². The molecule has 1 rings (SSSR count). The maximum absolute atomic E-state index is 11.8. The highest BCUT2D eigenvalue weighted by Crippen LogP contribution is 2.16. The fourth-order valence-electron chi connectivity index (χ4n) is 1.57. The zero-order valence-electron chi connectivity index (χ0n) is 12.5. The summed E-state index contributed by atoms with van der Waals surface area (Å²) in [5, 5.41) is 2.94. The topological polar surface area (TPSA) is 77.5 Å². The monoisotopic (exact) mass is 314 g/mol. The van der Waals surface area contributed by atoms with Crippen LogP contribution in [0.15, 0.2) is 18.5 Å². The summed E-state index contributed by atoms with van der Waals surface area (Å²) in [5.74, 6) is -0.583. The fraction of sp³-hybridized carbons (Fsp3) is 0.500. The summed E-state index contributed by atoms with van der Waals surface area (Å²) in [6.45, 7) is 5.20. The molecule has 0 aliphatic heterocycles. The van der Waals surface area contributed by atoms with E-state index >= 15 is 0 Å². The minimum Gasteiger partial charge on any atom is -0.467 e. The number of aromatic nitrogens is 1. The predicted molar refractivity (Wildman–Crippen MR) is 78.1 cm³/mol. The largest absolute Gasteiger partial charge is 0.467 e. The maximum Gasteiger partial charge on any atom is 0.408 e. The number of carbonyl (C=O) groups excluding carboxylic acids is 2. The van der Waals surface area contributed by atoms with Gasteiger partial charge in [-0.2, -0.15) is 0 Å². The summed E-state index contributed by atoms with van der Waals surface area (Å²) < 4.78 is 9.81. The van der Waals surface area contributed by atoms with Gasteiger partial charge in [0, 0.05) is 23.8 Å². The molecule has 0 aliphatic rings. The lowest BCUT2D eigenvalue weighted by molar-refractivity contribution is -0.143. The summed E-state index contributed by atoms with van der Waals surface area (Å²) in [4.78, 5) is 27.5. The molecule has 21 heavy (non-hydrogen) atoms. The normalized spacial score (nSPS) is 12.4. The number of esters is 1. The van der Waals surface area contributed by atoms with Crippen molar-refractivity contribution in [2.75, 3.05) is 7.11 Å². The highest BCUT2D eigenvalue weighted by Gasteiger charge is 2.26. The molecule has 0 radical (unpaired) electrons. The second-order valence-corrected chi connectivity index (χ2v) is 5.80. The summed E-state index contributed by atoms with van der Waals surface area (Å²) in [7, 11) is 1.25. The molecular formula is C14H19ClN2O4. The van der Waals surface area contributed by atoms with Gasteiger partial charge in [0.1, 0.15) is 11.6 Å². The highest BCUT2D eigenvalue weighted by atomic mass is 35.5. The molecular weight excluding hydrogens is 296 g/mol. The van der Waals surface area contributed by atoms with Crippen molar-refractivity contribution < 1.29 is 19.1 Å². The van der Waals surface area contributed by atoms with Crippen LogP contribution in [0.25, 0.3) is 0 Å². The van der Waals surface area contributed by atoms with E-state index in [0.29, 0.717) is 10.6 Å². The fourth-order valence-corrected chi connectivity index (χ4v) is 1.75. The van der Waals surface area contributed by atoms with Crippen molar-refractivity contribution in [3.63, 3.8) is 0 Å². The quantitative estimate of drug-likeness (QED) is 0.863. The van der Waals surface area contributed by atoms with Crippen molar-refractivity contribution in [2.24, 2.45) is 0 Å². The molecule has 1 heterocycles. The minimum atomic E-state index is -0.897. The van der Waals surface area contributed by atoms with Crippen molar-refractivity contribution in [3.05, 3.63) is 29.0 Å². The number of rotatable bonds is 4. The van der Waals surface area contributed by atoms with E-state index in [4.69, 9.17) is 16.3 Å². The van der Waals surface area contributed by atoms with Gasteiger partial charge in [0.05, 0.1) is 7.11 Å². The Morgan fingerprint density at radius 3 is 2.62 bits per heavy atom. The van der Waals surface area contributed by atoms with Gasteiger partial charge in [-0.15, -0.1) is 0 Å². The molecule has 0 saturated heterocycles. The lowest BCUT2D eigenvalue weighted by Gasteiger charge is -2.22. The third-order valence-corrected chi connectivity index (χ3v) is 2.81. The molecule has 1 atom stereocenters. The standard InChI is InChI=1S/C14H19ClN2O4/c1-14(2,3)21-13(19)17-11(12(18)20-4)7-9-8-16-6-5-10(9)15/h5-6,8,11H,7H2,1-4H3,(H,17,19)/t11-/m0/s1. The molecule has 0 spiro atoms. The molecule has 1 aromatic heterocycles. The summed E-state index contributed by atoms with van der Waals surface area (Å²) in [6, 6.07) is 0.713. The number of hydrogen-bond donors (Lipinski definition) is 1. The number of nitrogens with one attached hydrogen (secondary N) is 1. The number of nitrogens with zero attached hydrogens (tertiary/aromatic N) is 1. The van der Waals surface area contributed by atoms with Gasteiger partial charge in [-0.05, 0) is 32.4 Å². The summed E-state index contributed by atoms with van der Waals surface area (Å²) in [5.41, 5.74) is -0.0258. The number of halogens is 1. The zero-order chi connectivity index (χ0) is 16.0. The van der Waals surface area contributed by atoms with Gasteiger partial charge in [0.25, 0.3) is 0 Å². The van der Waals surface area contributed by atoms with E-state index in [1.54, 1.807) is 33.0 Å². The average Bonchev–Trinajstić information content (AvgIpc) is 2.37. The van der Waals surface area contributed by atoms with Crippen LogP contribution in [0.5, 0.6) is 0 Å². The van der Waals surface area contributed by atoms with Gasteiger partial charge in [0.2, 0.25) is 0 Å². The van der Waals surface area contributed by atoms with Gasteiger partial charge in [-0.3, -0.25) is 4.98 Å². The van der Waals surface area contributed by atoms with Crippen LogP contribution >= 0.6 is 11.6 Å². The van der Waals surface area contributed by atoms with Crippen LogP contribution in [-0.2, 0) is 20.7 Å². The number of amides is 1. The summed E-state index contributed by atoms with van der Waals surface area (Å²) >= 11 is 6.02. The van der Waals surface area contributed by atoms with Gasteiger partial charge in [-0.25, -0.2) is 9.59 Å². The third kappa shape index (κ3) is 5.99. The molecule has 0 aliphatic carbocycles. The van der Waals surface area contributed by atoms with Crippen LogP contribution in [0.2, 0.25) is 5.02 Å². The Morgan fingerprint density at radius 1 is 1.43 bits per heavy atom. The van der Waals surface area contributed by atoms with Gasteiger partial charge in [-0.1, -0.05) is 11.6 Å². The second-order valence-electron chi connectivity index (χ2n) is 5.39. The smallest absolute Gasteiger partial charge is 0.408 e. The Kier molecular flexibility index (Phi) is 5.96. The number of pyridine rings is 1. The Morgan fingerprint density at radius 2 is 2.10 bits per heavy atom. The zero-order valence-corrected chi connectivity index (χ0v) is 13.2. The van der Waals surface area contributed by atoms with Crippen LogP contribution < -0.4 is 5.32 Å². The molecule has 0 aromatic carbocycles. The van der Waals surface area contributed by atoms with Crippen LogP contribution in [-0.4, -0.2) is 35.8 Å². The molecule has 6 nitrogen and oxygen atoms in total. The van der Waals surface area contributed by atoms with E-state index in [-0.39, 0.29) is 6.42 Å². The third-order valence-electron chi connectivity index (χ3n) is 2.44. The number of alkyl carbamates (subject to hydrolysis) is 1. The number of carbonyl (C=O) groups is 2. The first-order valence-corrected chi connectivity index (χ1v) is 6.76. The molecule has 116 valence electrons. The van der Waals surface area contributed by atoms with E-state index in [2.05, 4.69) is 15.0 Å². The van der Waals surface area contributed by atoms with Gasteiger partial charge in [0.15, 0.2) is 0 Å². The lowest BCUT2D eigenvalue weighted by Crippen LogP contribution is -2.45. The van der Waals surface area contributed by atoms with Crippen molar-refractivity contribution in [3.8, 4) is 0 Å². The number of methoxy groups -OCH3 is 1. The van der Waals surface area contributed by atoms with E-state index < -0.39 is 23.7 Å². The van der Waals surface area contributed by atoms with Crippen LogP contribution in [0.3, 0.4) is 0 Å².